The minimum absolute atomic E-state index is 0.109. The number of carbonyl (C=O) groups is 2. The third kappa shape index (κ3) is 6.38. The highest BCUT2D eigenvalue weighted by molar-refractivity contribution is 5.80. The molecule has 82 valence electrons. The fourth-order valence-electron chi connectivity index (χ4n) is 0.954. The Balaban J connectivity index is 3.56. The van der Waals surface area contributed by atoms with Crippen molar-refractivity contribution < 1.29 is 26.2 Å². The summed E-state index contributed by atoms with van der Waals surface area (Å²) in [5, 5.41) is 12.5. The first kappa shape index (κ1) is 12.9. The van der Waals surface area contributed by atoms with Gasteiger partial charge in [0.2, 0.25) is 0 Å². The van der Waals surface area contributed by atoms with Crippen LogP contribution >= 0.6 is 0 Å². The van der Waals surface area contributed by atoms with Gasteiger partial charge in [-0.05, 0) is 0 Å². The number of carboxylic acid groups (broad SMARTS) is 1. The average molecular weight is 204 g/mol. The zero-order valence-electron chi connectivity index (χ0n) is 8.25. The van der Waals surface area contributed by atoms with Crippen LogP contribution in [-0.4, -0.2) is 31.0 Å². The summed E-state index contributed by atoms with van der Waals surface area (Å²) in [6.07, 6.45) is 1.37. The normalized spacial score (nSPS) is 12.1. The summed E-state index contributed by atoms with van der Waals surface area (Å²) in [6, 6.07) is -0.321. The Morgan fingerprint density at radius 2 is 2.07 bits per heavy atom. The maximum absolute atomic E-state index is 11.2. The monoisotopic (exact) mass is 204 g/mol. The van der Waals surface area contributed by atoms with Crippen LogP contribution in [0.4, 0.5) is 0 Å². The molecule has 0 unspecified atom stereocenters. The Morgan fingerprint density at radius 1 is 1.43 bits per heavy atom. The lowest BCUT2D eigenvalue weighted by Gasteiger charge is -2.08. The maximum atomic E-state index is 11.2. The van der Waals surface area contributed by atoms with E-state index in [9.17, 15) is 14.7 Å². The van der Waals surface area contributed by atoms with Crippen LogP contribution in [0, 0.1) is 0 Å². The summed E-state index contributed by atoms with van der Waals surface area (Å²) in [6.45, 7) is 0.885. The van der Waals surface area contributed by atoms with E-state index in [1.54, 1.807) is 0 Å². The van der Waals surface area contributed by atoms with E-state index < -0.39 is 5.97 Å². The maximum Gasteiger partial charge on any atom is 0.278 e. The van der Waals surface area contributed by atoms with Gasteiger partial charge in [-0.15, -0.1) is 0 Å². The molecule has 6 nitrogen and oxygen atoms in total. The van der Waals surface area contributed by atoms with E-state index in [2.05, 4.69) is 16.8 Å². The second-order valence-electron chi connectivity index (χ2n) is 3.11. The quantitative estimate of drug-likeness (QED) is 0.390. The van der Waals surface area contributed by atoms with Crippen molar-refractivity contribution in [2.24, 2.45) is 0 Å². The molecule has 0 bridgehead atoms. The molecular weight excluding hydrogens is 186 g/mol. The number of aliphatic carboxylic acids is 1. The SMILES string of the molecule is [NH3+]CCC[C@H]([NH3+])C(=O)NCCC(=O)[O-]. The van der Waals surface area contributed by atoms with Gasteiger partial charge in [-0.25, -0.2) is 0 Å². The molecule has 0 radical (unpaired) electrons. The lowest BCUT2D eigenvalue weighted by atomic mass is 10.1. The molecule has 0 aliphatic carbocycles. The summed E-state index contributed by atoms with van der Waals surface area (Å²) in [4.78, 5) is 21.3. The highest BCUT2D eigenvalue weighted by Gasteiger charge is 2.15. The third-order valence-electron chi connectivity index (χ3n) is 1.80. The van der Waals surface area contributed by atoms with Crippen LogP contribution in [0.5, 0.6) is 0 Å². The second kappa shape index (κ2) is 7.28. The Morgan fingerprint density at radius 3 is 2.57 bits per heavy atom. The van der Waals surface area contributed by atoms with Gasteiger partial charge >= 0.3 is 0 Å². The van der Waals surface area contributed by atoms with Crippen LogP contribution in [0.1, 0.15) is 19.3 Å². The van der Waals surface area contributed by atoms with Crippen molar-refractivity contribution in [3.8, 4) is 0 Å². The van der Waals surface area contributed by atoms with E-state index in [0.717, 1.165) is 13.0 Å². The molecule has 0 fully saturated rings. The molecule has 0 aromatic carbocycles. The van der Waals surface area contributed by atoms with Gasteiger partial charge in [0, 0.05) is 31.8 Å². The highest BCUT2D eigenvalue weighted by Crippen LogP contribution is 1.90. The van der Waals surface area contributed by atoms with E-state index in [4.69, 9.17) is 0 Å². The van der Waals surface area contributed by atoms with Crippen molar-refractivity contribution >= 4 is 11.9 Å². The number of hydrogen-bond acceptors (Lipinski definition) is 3. The molecule has 0 heterocycles. The largest absolute Gasteiger partial charge is 0.550 e. The minimum atomic E-state index is -1.16. The topological polar surface area (TPSA) is 125 Å². The van der Waals surface area contributed by atoms with Crippen LogP contribution in [0.15, 0.2) is 0 Å². The lowest BCUT2D eigenvalue weighted by Crippen LogP contribution is -2.68. The van der Waals surface area contributed by atoms with Crippen molar-refractivity contribution in [1.82, 2.24) is 5.32 Å². The smallest absolute Gasteiger partial charge is 0.278 e. The van der Waals surface area contributed by atoms with Gasteiger partial charge in [0.15, 0.2) is 6.04 Å². The van der Waals surface area contributed by atoms with Crippen LogP contribution in [0.2, 0.25) is 0 Å². The van der Waals surface area contributed by atoms with Crippen LogP contribution in [0.25, 0.3) is 0 Å². The second-order valence-corrected chi connectivity index (χ2v) is 3.11. The van der Waals surface area contributed by atoms with E-state index in [1.165, 1.54) is 0 Å². The van der Waals surface area contributed by atoms with E-state index in [0.29, 0.717) is 6.42 Å². The molecule has 0 aliphatic heterocycles. The predicted molar refractivity (Wildman–Crippen MR) is 46.3 cm³/mol. The molecule has 6 heteroatoms. The summed E-state index contributed by atoms with van der Waals surface area (Å²) in [5.74, 6) is -1.37. The van der Waals surface area contributed by atoms with Gasteiger partial charge in [0.1, 0.15) is 0 Å². The molecule has 1 amide bonds. The van der Waals surface area contributed by atoms with E-state index in [-0.39, 0.29) is 24.9 Å². The Hall–Kier alpha value is -1.14. The first-order valence-corrected chi connectivity index (χ1v) is 4.67. The first-order chi connectivity index (χ1) is 6.57. The number of amides is 1. The van der Waals surface area contributed by atoms with Gasteiger partial charge in [-0.3, -0.25) is 4.79 Å². The van der Waals surface area contributed by atoms with Crippen molar-refractivity contribution in [3.05, 3.63) is 0 Å². The number of rotatable bonds is 7. The number of carbonyl (C=O) groups excluding carboxylic acids is 2. The molecule has 0 aromatic rings. The molecule has 0 saturated carbocycles. The van der Waals surface area contributed by atoms with E-state index >= 15 is 0 Å². The van der Waals surface area contributed by atoms with Crippen molar-refractivity contribution in [3.63, 3.8) is 0 Å². The Bertz CT molecular complexity index is 196. The summed E-state index contributed by atoms with van der Waals surface area (Å²) in [5.41, 5.74) is 7.33. The zero-order chi connectivity index (χ0) is 11.0. The van der Waals surface area contributed by atoms with Gasteiger partial charge in [0.25, 0.3) is 5.91 Å². The molecular formula is C8H18N3O3+. The van der Waals surface area contributed by atoms with Crippen LogP contribution < -0.4 is 21.9 Å². The molecule has 7 N–H and O–H groups in total. The number of hydrogen-bond donors (Lipinski definition) is 3. The van der Waals surface area contributed by atoms with Crippen LogP contribution in [-0.2, 0) is 9.59 Å². The summed E-state index contributed by atoms with van der Waals surface area (Å²) in [7, 11) is 0. The van der Waals surface area contributed by atoms with Crippen LogP contribution in [0.3, 0.4) is 0 Å². The van der Waals surface area contributed by atoms with Gasteiger partial charge < -0.3 is 26.7 Å². The third-order valence-corrected chi connectivity index (χ3v) is 1.80. The molecule has 0 aromatic heterocycles. The van der Waals surface area contributed by atoms with Gasteiger partial charge in [-0.2, -0.15) is 0 Å². The average Bonchev–Trinajstić information content (AvgIpc) is 2.13. The molecule has 14 heavy (non-hydrogen) atoms. The molecule has 0 aliphatic rings. The number of nitrogens with one attached hydrogen (secondary N) is 1. The van der Waals surface area contributed by atoms with Gasteiger partial charge in [0.05, 0.1) is 6.54 Å². The highest BCUT2D eigenvalue weighted by atomic mass is 16.4. The number of carboxylic acids is 1. The first-order valence-electron chi connectivity index (χ1n) is 4.67. The fraction of sp³-hybridized carbons (Fsp3) is 0.750. The van der Waals surface area contributed by atoms with E-state index in [1.807, 2.05) is 0 Å². The molecule has 0 spiro atoms. The van der Waals surface area contributed by atoms with Crippen molar-refractivity contribution in [1.29, 1.82) is 0 Å². The molecule has 1 atom stereocenters. The summed E-state index contributed by atoms with van der Waals surface area (Å²) < 4.78 is 0. The fourth-order valence-corrected chi connectivity index (χ4v) is 0.954. The zero-order valence-corrected chi connectivity index (χ0v) is 8.25. The van der Waals surface area contributed by atoms with Gasteiger partial charge in [-0.1, -0.05) is 0 Å². The predicted octanol–water partition coefficient (Wildman–Crippen LogP) is -4.12. The standard InChI is InChI=1S/C8H17N3O3/c9-4-1-2-6(10)8(14)11-5-3-7(12)13/h6H,1-5,9-10H2,(H,11,14)(H,12,13)/p+1/t6-/m0/s1. The lowest BCUT2D eigenvalue weighted by molar-refractivity contribution is -0.411. The Kier molecular flexibility index (Phi) is 6.69. The Labute approximate surface area is 82.6 Å². The molecule has 0 rings (SSSR count). The van der Waals surface area contributed by atoms with Crippen molar-refractivity contribution in [2.45, 2.75) is 25.3 Å². The minimum Gasteiger partial charge on any atom is -0.550 e. The number of quaternary nitrogens is 2. The molecule has 0 saturated heterocycles. The summed E-state index contributed by atoms with van der Waals surface area (Å²) >= 11 is 0. The van der Waals surface area contributed by atoms with Crippen molar-refractivity contribution in [2.75, 3.05) is 13.1 Å².